The quantitative estimate of drug-likeness (QED) is 0.392. The van der Waals surface area contributed by atoms with Crippen LogP contribution in [0, 0.1) is 6.92 Å². The summed E-state index contributed by atoms with van der Waals surface area (Å²) < 4.78 is 40.0. The number of halogens is 1. The molecule has 0 aliphatic rings. The van der Waals surface area contributed by atoms with E-state index in [1.54, 1.807) is 42.8 Å². The molecule has 0 radical (unpaired) electrons. The second-order valence-corrected chi connectivity index (χ2v) is 8.95. The lowest BCUT2D eigenvalue weighted by atomic mass is 10.2. The highest BCUT2D eigenvalue weighted by atomic mass is 35.5. The van der Waals surface area contributed by atoms with Gasteiger partial charge in [-0.1, -0.05) is 17.7 Å². The van der Waals surface area contributed by atoms with Gasteiger partial charge in [-0.3, -0.25) is 0 Å². The van der Waals surface area contributed by atoms with Crippen molar-refractivity contribution in [3.8, 4) is 23.0 Å². The summed E-state index contributed by atoms with van der Waals surface area (Å²) in [5.74, 6) is 1.59. The number of hydrogen-bond acceptors (Lipinski definition) is 7. The van der Waals surface area contributed by atoms with Crippen LogP contribution in [0.5, 0.6) is 11.6 Å². The average Bonchev–Trinajstić information content (AvgIpc) is 3.22. The van der Waals surface area contributed by atoms with Crippen LogP contribution in [0.2, 0.25) is 5.02 Å². The molecule has 9 nitrogen and oxygen atoms in total. The van der Waals surface area contributed by atoms with Crippen LogP contribution in [0.4, 0.5) is 0 Å². The second-order valence-electron chi connectivity index (χ2n) is 6.80. The number of nitrogens with one attached hydrogen (secondary N) is 1. The number of benzene rings is 2. The summed E-state index contributed by atoms with van der Waals surface area (Å²) in [5, 5.41) is 13.1. The van der Waals surface area contributed by atoms with Crippen molar-refractivity contribution < 1.29 is 17.9 Å². The summed E-state index contributed by atoms with van der Waals surface area (Å²) in [6.45, 7) is 1.80. The van der Waals surface area contributed by atoms with Gasteiger partial charge in [0.15, 0.2) is 11.5 Å². The highest BCUT2D eigenvalue weighted by molar-refractivity contribution is 7.89. The van der Waals surface area contributed by atoms with E-state index in [-0.39, 0.29) is 18.0 Å². The SMILES string of the molecule is COc1ccc(-c2nnc3ccc(OCCNS(=O)(=O)c4cccc(Cl)c4C)nn23)cc1. The molecule has 4 rings (SSSR count). The van der Waals surface area contributed by atoms with E-state index in [2.05, 4.69) is 20.0 Å². The molecule has 166 valence electrons. The maximum atomic E-state index is 12.5. The van der Waals surface area contributed by atoms with E-state index >= 15 is 0 Å². The summed E-state index contributed by atoms with van der Waals surface area (Å²) in [4.78, 5) is 0.137. The third-order valence-electron chi connectivity index (χ3n) is 4.74. The van der Waals surface area contributed by atoms with E-state index in [1.165, 1.54) is 6.07 Å². The van der Waals surface area contributed by atoms with Gasteiger partial charge in [-0.2, -0.15) is 4.52 Å². The zero-order valence-corrected chi connectivity index (χ0v) is 18.9. The van der Waals surface area contributed by atoms with Crippen molar-refractivity contribution in [2.24, 2.45) is 0 Å². The van der Waals surface area contributed by atoms with Gasteiger partial charge in [-0.15, -0.1) is 15.3 Å². The Labute approximate surface area is 190 Å². The number of sulfonamides is 1. The Morgan fingerprint density at radius 1 is 1.06 bits per heavy atom. The predicted octanol–water partition coefficient (Wildman–Crippen LogP) is 3.12. The lowest BCUT2D eigenvalue weighted by Crippen LogP contribution is -2.29. The van der Waals surface area contributed by atoms with Gasteiger partial charge in [0, 0.05) is 23.2 Å². The van der Waals surface area contributed by atoms with Crippen LogP contribution < -0.4 is 14.2 Å². The van der Waals surface area contributed by atoms with Gasteiger partial charge in [0.1, 0.15) is 12.4 Å². The van der Waals surface area contributed by atoms with E-state index in [4.69, 9.17) is 21.1 Å². The molecule has 1 N–H and O–H groups in total. The molecule has 0 fully saturated rings. The minimum atomic E-state index is -3.71. The number of fused-ring (bicyclic) bond motifs is 1. The number of nitrogens with zero attached hydrogens (tertiary/aromatic N) is 4. The normalized spacial score (nSPS) is 11.6. The Morgan fingerprint density at radius 2 is 1.84 bits per heavy atom. The number of methoxy groups -OCH3 is 1. The first-order valence-corrected chi connectivity index (χ1v) is 11.5. The first kappa shape index (κ1) is 22.0. The van der Waals surface area contributed by atoms with Gasteiger partial charge < -0.3 is 9.47 Å². The van der Waals surface area contributed by atoms with Gasteiger partial charge in [-0.05, 0) is 55.0 Å². The van der Waals surface area contributed by atoms with E-state index < -0.39 is 10.0 Å². The Bertz CT molecular complexity index is 1360. The van der Waals surface area contributed by atoms with Crippen LogP contribution in [-0.4, -0.2) is 48.5 Å². The lowest BCUT2D eigenvalue weighted by molar-refractivity contribution is 0.306. The maximum Gasteiger partial charge on any atom is 0.240 e. The molecule has 2 aromatic carbocycles. The molecule has 0 spiro atoms. The largest absolute Gasteiger partial charge is 0.497 e. The van der Waals surface area contributed by atoms with Gasteiger partial charge in [0.05, 0.1) is 12.0 Å². The lowest BCUT2D eigenvalue weighted by Gasteiger charge is -2.11. The number of ether oxygens (including phenoxy) is 2. The van der Waals surface area contributed by atoms with Crippen molar-refractivity contribution in [3.63, 3.8) is 0 Å². The summed E-state index contributed by atoms with van der Waals surface area (Å²) in [5.41, 5.74) is 1.86. The zero-order valence-electron chi connectivity index (χ0n) is 17.3. The summed E-state index contributed by atoms with van der Waals surface area (Å²) in [6, 6.07) is 15.5. The molecule has 0 bridgehead atoms. The van der Waals surface area contributed by atoms with Crippen LogP contribution in [0.15, 0.2) is 59.5 Å². The maximum absolute atomic E-state index is 12.5. The van der Waals surface area contributed by atoms with Crippen molar-refractivity contribution in [2.45, 2.75) is 11.8 Å². The fraction of sp³-hybridized carbons (Fsp3) is 0.190. The second kappa shape index (κ2) is 9.11. The third-order valence-corrected chi connectivity index (χ3v) is 6.75. The monoisotopic (exact) mass is 473 g/mol. The number of rotatable bonds is 8. The molecule has 0 atom stereocenters. The molecule has 0 unspecified atom stereocenters. The van der Waals surface area contributed by atoms with E-state index in [9.17, 15) is 8.42 Å². The molecule has 0 amide bonds. The van der Waals surface area contributed by atoms with E-state index in [0.29, 0.717) is 27.9 Å². The van der Waals surface area contributed by atoms with Crippen LogP contribution in [0.1, 0.15) is 5.56 Å². The predicted molar refractivity (Wildman–Crippen MR) is 120 cm³/mol. The van der Waals surface area contributed by atoms with E-state index in [1.807, 2.05) is 24.3 Å². The van der Waals surface area contributed by atoms with Crippen LogP contribution in [-0.2, 0) is 10.0 Å². The number of hydrogen-bond donors (Lipinski definition) is 1. The molecular formula is C21H20ClN5O4S. The molecule has 32 heavy (non-hydrogen) atoms. The molecular weight excluding hydrogens is 454 g/mol. The molecule has 2 aromatic heterocycles. The smallest absolute Gasteiger partial charge is 0.240 e. The first-order chi connectivity index (χ1) is 15.4. The first-order valence-electron chi connectivity index (χ1n) is 9.63. The Morgan fingerprint density at radius 3 is 2.59 bits per heavy atom. The van der Waals surface area contributed by atoms with Gasteiger partial charge in [0.25, 0.3) is 0 Å². The summed E-state index contributed by atoms with van der Waals surface area (Å²) >= 11 is 6.03. The fourth-order valence-corrected chi connectivity index (χ4v) is 4.57. The minimum absolute atomic E-state index is 0.0571. The molecule has 11 heteroatoms. The molecule has 4 aromatic rings. The molecule has 0 saturated heterocycles. The van der Waals surface area contributed by atoms with Crippen LogP contribution >= 0.6 is 11.6 Å². The Kier molecular flexibility index (Phi) is 6.26. The molecule has 2 heterocycles. The van der Waals surface area contributed by atoms with Crippen molar-refractivity contribution in [2.75, 3.05) is 20.3 Å². The standard InChI is InChI=1S/C21H20ClN5O4S/c1-14-17(22)4-3-5-18(14)32(28,29)23-12-13-31-20-11-10-19-24-25-21(27(19)26-20)15-6-8-16(30-2)9-7-15/h3-11,23H,12-13H2,1-2H3. The van der Waals surface area contributed by atoms with Crippen molar-refractivity contribution >= 4 is 27.3 Å². The van der Waals surface area contributed by atoms with Crippen molar-refractivity contribution in [3.05, 3.63) is 65.2 Å². The van der Waals surface area contributed by atoms with Crippen LogP contribution in [0.25, 0.3) is 17.0 Å². The van der Waals surface area contributed by atoms with Crippen molar-refractivity contribution in [1.29, 1.82) is 0 Å². The molecule has 0 aliphatic heterocycles. The topological polar surface area (TPSA) is 108 Å². The molecule has 0 saturated carbocycles. The zero-order chi connectivity index (χ0) is 22.7. The summed E-state index contributed by atoms with van der Waals surface area (Å²) in [7, 11) is -2.11. The van der Waals surface area contributed by atoms with Gasteiger partial charge >= 0.3 is 0 Å². The number of aromatic nitrogens is 4. The third kappa shape index (κ3) is 4.52. The Hall–Kier alpha value is -3.21. The molecule has 0 aliphatic carbocycles. The Balaban J connectivity index is 1.44. The van der Waals surface area contributed by atoms with Gasteiger partial charge in [-0.25, -0.2) is 13.1 Å². The summed E-state index contributed by atoms with van der Waals surface area (Å²) in [6.07, 6.45) is 0. The highest BCUT2D eigenvalue weighted by Gasteiger charge is 2.17. The fourth-order valence-electron chi connectivity index (χ4n) is 3.06. The minimum Gasteiger partial charge on any atom is -0.497 e. The van der Waals surface area contributed by atoms with Gasteiger partial charge in [0.2, 0.25) is 15.9 Å². The van der Waals surface area contributed by atoms with E-state index in [0.717, 1.165) is 11.3 Å². The average molecular weight is 474 g/mol. The highest BCUT2D eigenvalue weighted by Crippen LogP contribution is 2.23. The van der Waals surface area contributed by atoms with Crippen LogP contribution in [0.3, 0.4) is 0 Å². The van der Waals surface area contributed by atoms with Crippen molar-refractivity contribution in [1.82, 2.24) is 24.5 Å².